The Hall–Kier alpha value is -2.73. The predicted molar refractivity (Wildman–Crippen MR) is 93.6 cm³/mol. The van der Waals surface area contributed by atoms with Gasteiger partial charge in [-0.2, -0.15) is 0 Å². The van der Waals surface area contributed by atoms with Gasteiger partial charge in [-0.05, 0) is 49.2 Å². The van der Waals surface area contributed by atoms with Gasteiger partial charge in [0.1, 0.15) is 0 Å². The second kappa shape index (κ2) is 7.70. The van der Waals surface area contributed by atoms with E-state index in [1.165, 1.54) is 5.57 Å². The molecule has 0 spiro atoms. The molecule has 0 aliphatic carbocycles. The molecule has 2 aromatic rings. The summed E-state index contributed by atoms with van der Waals surface area (Å²) < 4.78 is 5.34. The third-order valence-electron chi connectivity index (χ3n) is 3.69. The third kappa shape index (κ3) is 3.97. The smallest absolute Gasteiger partial charge is 0.319 e. The highest BCUT2D eigenvalue weighted by atomic mass is 16.5. The predicted octanol–water partition coefficient (Wildman–Crippen LogP) is 3.09. The molecule has 124 valence electrons. The van der Waals surface area contributed by atoms with Crippen molar-refractivity contribution in [3.8, 4) is 11.4 Å². The molecular formula is C18H20N4O2. The van der Waals surface area contributed by atoms with Gasteiger partial charge < -0.3 is 15.4 Å². The molecule has 0 unspecified atom stereocenters. The number of benzene rings is 1. The summed E-state index contributed by atoms with van der Waals surface area (Å²) in [6.07, 6.45) is 4.70. The molecule has 1 aliphatic rings. The molecule has 2 heterocycles. The largest absolute Gasteiger partial charge is 0.377 e. The number of hydrogen-bond acceptors (Lipinski definition) is 4. The average Bonchev–Trinajstić information content (AvgIpc) is 2.63. The summed E-state index contributed by atoms with van der Waals surface area (Å²) in [6, 6.07) is 9.20. The number of nitrogens with one attached hydrogen (secondary N) is 2. The number of hydrogen-bond donors (Lipinski definition) is 2. The molecule has 0 radical (unpaired) electrons. The van der Waals surface area contributed by atoms with Gasteiger partial charge in [-0.25, -0.2) is 14.8 Å². The highest BCUT2D eigenvalue weighted by molar-refractivity contribution is 5.89. The SMILES string of the molecule is CCNC(=O)Nc1ccc(-c2nccc(C3=CCOCC3)n2)cc1. The van der Waals surface area contributed by atoms with Crippen LogP contribution < -0.4 is 10.6 Å². The first-order valence-corrected chi connectivity index (χ1v) is 8.02. The summed E-state index contributed by atoms with van der Waals surface area (Å²) in [5, 5.41) is 5.46. The summed E-state index contributed by atoms with van der Waals surface area (Å²) in [5.74, 6) is 0.671. The lowest BCUT2D eigenvalue weighted by atomic mass is 10.1. The number of aromatic nitrogens is 2. The zero-order chi connectivity index (χ0) is 16.8. The van der Waals surface area contributed by atoms with E-state index < -0.39 is 0 Å². The number of carbonyl (C=O) groups is 1. The highest BCUT2D eigenvalue weighted by Crippen LogP contribution is 2.23. The molecule has 6 heteroatoms. The zero-order valence-electron chi connectivity index (χ0n) is 13.6. The Morgan fingerprint density at radius 3 is 2.79 bits per heavy atom. The summed E-state index contributed by atoms with van der Waals surface area (Å²) in [6.45, 7) is 3.83. The third-order valence-corrected chi connectivity index (χ3v) is 3.69. The topological polar surface area (TPSA) is 76.1 Å². The van der Waals surface area contributed by atoms with E-state index in [1.807, 2.05) is 37.3 Å². The van der Waals surface area contributed by atoms with E-state index >= 15 is 0 Å². The van der Waals surface area contributed by atoms with Crippen LogP contribution in [0.1, 0.15) is 19.0 Å². The summed E-state index contributed by atoms with van der Waals surface area (Å²) in [4.78, 5) is 20.5. The second-order valence-corrected chi connectivity index (χ2v) is 5.38. The first kappa shape index (κ1) is 16.1. The van der Waals surface area contributed by atoms with E-state index in [0.717, 1.165) is 30.0 Å². The van der Waals surface area contributed by atoms with Gasteiger partial charge in [0.05, 0.1) is 18.9 Å². The normalized spacial score (nSPS) is 14.0. The maximum atomic E-state index is 11.5. The summed E-state index contributed by atoms with van der Waals surface area (Å²) in [7, 11) is 0. The molecule has 3 rings (SSSR count). The Bertz CT molecular complexity index is 741. The van der Waals surface area contributed by atoms with E-state index in [4.69, 9.17) is 4.74 Å². The van der Waals surface area contributed by atoms with Crippen molar-refractivity contribution < 1.29 is 9.53 Å². The Morgan fingerprint density at radius 2 is 2.08 bits per heavy atom. The van der Waals surface area contributed by atoms with E-state index in [-0.39, 0.29) is 6.03 Å². The van der Waals surface area contributed by atoms with Crippen molar-refractivity contribution >= 4 is 17.3 Å². The number of rotatable bonds is 4. The van der Waals surface area contributed by atoms with Gasteiger partial charge in [-0.15, -0.1) is 0 Å². The van der Waals surface area contributed by atoms with Crippen LogP contribution in [0, 0.1) is 0 Å². The summed E-state index contributed by atoms with van der Waals surface area (Å²) >= 11 is 0. The minimum Gasteiger partial charge on any atom is -0.377 e. The first-order valence-electron chi connectivity index (χ1n) is 8.02. The van der Waals surface area contributed by atoms with Crippen LogP contribution in [0.15, 0.2) is 42.6 Å². The van der Waals surface area contributed by atoms with Gasteiger partial charge in [0.2, 0.25) is 0 Å². The molecule has 24 heavy (non-hydrogen) atoms. The fourth-order valence-electron chi connectivity index (χ4n) is 2.47. The fourth-order valence-corrected chi connectivity index (χ4v) is 2.47. The molecule has 1 aliphatic heterocycles. The van der Waals surface area contributed by atoms with Crippen molar-refractivity contribution in [1.82, 2.24) is 15.3 Å². The van der Waals surface area contributed by atoms with Crippen LogP contribution in [0.3, 0.4) is 0 Å². The van der Waals surface area contributed by atoms with Gasteiger partial charge in [0, 0.05) is 24.0 Å². The van der Waals surface area contributed by atoms with Gasteiger partial charge in [0.15, 0.2) is 5.82 Å². The fraction of sp³-hybridized carbons (Fsp3) is 0.278. The van der Waals surface area contributed by atoms with Crippen LogP contribution in [0.2, 0.25) is 0 Å². The van der Waals surface area contributed by atoms with Crippen molar-refractivity contribution in [2.75, 3.05) is 25.1 Å². The second-order valence-electron chi connectivity index (χ2n) is 5.38. The molecule has 2 amide bonds. The minimum atomic E-state index is -0.213. The van der Waals surface area contributed by atoms with Crippen LogP contribution in [-0.2, 0) is 4.74 Å². The molecule has 0 saturated carbocycles. The lowest BCUT2D eigenvalue weighted by Gasteiger charge is -2.13. The molecule has 2 N–H and O–H groups in total. The Morgan fingerprint density at radius 1 is 1.25 bits per heavy atom. The number of urea groups is 1. The highest BCUT2D eigenvalue weighted by Gasteiger charge is 2.10. The van der Waals surface area contributed by atoms with Gasteiger partial charge in [-0.3, -0.25) is 0 Å². The van der Waals surface area contributed by atoms with Crippen molar-refractivity contribution in [2.24, 2.45) is 0 Å². The van der Waals surface area contributed by atoms with E-state index in [2.05, 4.69) is 26.7 Å². The molecule has 1 aromatic heterocycles. The molecule has 0 bridgehead atoms. The van der Waals surface area contributed by atoms with Crippen molar-refractivity contribution in [3.05, 3.63) is 48.3 Å². The van der Waals surface area contributed by atoms with Crippen LogP contribution >= 0.6 is 0 Å². The number of ether oxygens (including phenoxy) is 1. The van der Waals surface area contributed by atoms with Gasteiger partial charge in [0.25, 0.3) is 0 Å². The number of anilines is 1. The Balaban J connectivity index is 1.77. The van der Waals surface area contributed by atoms with Crippen LogP contribution in [-0.4, -0.2) is 35.8 Å². The Kier molecular flexibility index (Phi) is 5.18. The Labute approximate surface area is 141 Å². The maximum absolute atomic E-state index is 11.5. The molecule has 1 aromatic carbocycles. The van der Waals surface area contributed by atoms with E-state index in [1.54, 1.807) is 6.20 Å². The molecule has 0 saturated heterocycles. The van der Waals surface area contributed by atoms with Gasteiger partial charge in [-0.1, -0.05) is 6.08 Å². The maximum Gasteiger partial charge on any atom is 0.319 e. The van der Waals surface area contributed by atoms with Crippen LogP contribution in [0.5, 0.6) is 0 Å². The molecule has 0 fully saturated rings. The number of carbonyl (C=O) groups excluding carboxylic acids is 1. The van der Waals surface area contributed by atoms with E-state index in [9.17, 15) is 4.79 Å². The first-order chi connectivity index (χ1) is 11.8. The van der Waals surface area contributed by atoms with Crippen molar-refractivity contribution in [2.45, 2.75) is 13.3 Å². The van der Waals surface area contributed by atoms with Gasteiger partial charge >= 0.3 is 6.03 Å². The van der Waals surface area contributed by atoms with Crippen LogP contribution in [0.4, 0.5) is 10.5 Å². The van der Waals surface area contributed by atoms with E-state index in [0.29, 0.717) is 19.0 Å². The lowest BCUT2D eigenvalue weighted by Crippen LogP contribution is -2.28. The standard InChI is InChI=1S/C18H20N4O2/c1-2-19-18(23)21-15-5-3-14(4-6-15)17-20-10-7-16(22-17)13-8-11-24-12-9-13/h3-8,10H,2,9,11-12H2,1H3,(H2,19,21,23). The molecule has 0 atom stereocenters. The molecule has 6 nitrogen and oxygen atoms in total. The minimum absolute atomic E-state index is 0.213. The summed E-state index contributed by atoms with van der Waals surface area (Å²) in [5.41, 5.74) is 3.77. The molecular weight excluding hydrogens is 304 g/mol. The van der Waals surface area contributed by atoms with Crippen LogP contribution in [0.25, 0.3) is 17.0 Å². The van der Waals surface area contributed by atoms with Crippen molar-refractivity contribution in [1.29, 1.82) is 0 Å². The lowest BCUT2D eigenvalue weighted by molar-refractivity contribution is 0.161. The number of nitrogens with zero attached hydrogens (tertiary/aromatic N) is 2. The quantitative estimate of drug-likeness (QED) is 0.906. The average molecular weight is 324 g/mol. The number of amides is 2. The van der Waals surface area contributed by atoms with Crippen molar-refractivity contribution in [3.63, 3.8) is 0 Å². The zero-order valence-corrected chi connectivity index (χ0v) is 13.6. The monoisotopic (exact) mass is 324 g/mol.